The maximum absolute atomic E-state index is 10.3. The molecule has 0 amide bonds. The van der Waals surface area contributed by atoms with E-state index in [0.29, 0.717) is 0 Å². The number of hydrogen-bond donors (Lipinski definition) is 1. The van der Waals surface area contributed by atoms with Crippen LogP contribution in [0.4, 0.5) is 5.69 Å². The van der Waals surface area contributed by atoms with Crippen LogP contribution in [0.3, 0.4) is 0 Å². The third kappa shape index (κ3) is 4.77. The fourth-order valence-corrected chi connectivity index (χ4v) is 1.51. The summed E-state index contributed by atoms with van der Waals surface area (Å²) < 4.78 is 33.7. The average molecular weight is 288 g/mol. The summed E-state index contributed by atoms with van der Waals surface area (Å²) >= 11 is 3.25. The molecule has 0 fully saturated rings. The molecule has 0 aliphatic carbocycles. The first-order valence-electron chi connectivity index (χ1n) is 3.38. The summed E-state index contributed by atoms with van der Waals surface area (Å²) in [6, 6.07) is 4.74. The maximum atomic E-state index is 10.3. The van der Waals surface area contributed by atoms with Gasteiger partial charge in [0.1, 0.15) is 0 Å². The van der Waals surface area contributed by atoms with Gasteiger partial charge in [-0.15, -0.1) is 0 Å². The van der Waals surface area contributed by atoms with Gasteiger partial charge in [0.25, 0.3) is 0 Å². The van der Waals surface area contributed by atoms with Crippen LogP contribution in [-0.2, 0) is 10.3 Å². The molecule has 0 aromatic heterocycles. The number of benzene rings is 1. The van der Waals surface area contributed by atoms with Crippen LogP contribution in [0.1, 0.15) is 5.56 Å². The zero-order valence-corrected chi connectivity index (χ0v) is 12.1. The quantitative estimate of drug-likeness (QED) is 0.539. The summed E-state index contributed by atoms with van der Waals surface area (Å²) in [6.07, 6.45) is 0. The van der Waals surface area contributed by atoms with Crippen molar-refractivity contribution in [2.24, 2.45) is 0 Å². The largest absolute Gasteiger partial charge is 1.00 e. The second-order valence-electron chi connectivity index (χ2n) is 2.52. The van der Waals surface area contributed by atoms with Gasteiger partial charge in [-0.25, -0.2) is 8.42 Å². The monoisotopic (exact) mass is 287 g/mol. The van der Waals surface area contributed by atoms with Crippen molar-refractivity contribution >= 4 is 31.9 Å². The zero-order chi connectivity index (χ0) is 10.1. The second-order valence-corrected chi connectivity index (χ2v) is 4.49. The number of hydrogen-bond acceptors (Lipinski definition) is 3. The molecule has 0 radical (unpaired) electrons. The minimum absolute atomic E-state index is 0. The van der Waals surface area contributed by atoms with Gasteiger partial charge in [-0.3, -0.25) is 4.72 Å². The number of anilines is 1. The third-order valence-electron chi connectivity index (χ3n) is 1.40. The van der Waals surface area contributed by atoms with Crippen LogP contribution in [0.5, 0.6) is 0 Å². The topological polar surface area (TPSA) is 69.2 Å². The summed E-state index contributed by atoms with van der Waals surface area (Å²) in [4.78, 5) is 0. The van der Waals surface area contributed by atoms with Crippen molar-refractivity contribution in [3.8, 4) is 0 Å². The van der Waals surface area contributed by atoms with E-state index in [4.69, 9.17) is 0 Å². The van der Waals surface area contributed by atoms with Gasteiger partial charge in [-0.1, -0.05) is 15.9 Å². The summed E-state index contributed by atoms with van der Waals surface area (Å²) in [5.74, 6) is 0. The second kappa shape index (κ2) is 5.48. The van der Waals surface area contributed by atoms with E-state index in [1.807, 2.05) is 4.72 Å². The van der Waals surface area contributed by atoms with Crippen LogP contribution < -0.4 is 34.3 Å². The minimum atomic E-state index is -4.42. The van der Waals surface area contributed by atoms with Gasteiger partial charge in [-0.2, -0.15) is 0 Å². The Bertz CT molecular complexity index is 421. The minimum Gasteiger partial charge on any atom is -0.731 e. The van der Waals surface area contributed by atoms with E-state index in [2.05, 4.69) is 15.9 Å². The molecule has 7 heteroatoms. The van der Waals surface area contributed by atoms with Gasteiger partial charge in [0.15, 0.2) is 10.3 Å². The number of nitrogens with one attached hydrogen (secondary N) is 1. The van der Waals surface area contributed by atoms with Crippen molar-refractivity contribution in [1.82, 2.24) is 0 Å². The van der Waals surface area contributed by atoms with Crippen molar-refractivity contribution in [2.75, 3.05) is 4.72 Å². The predicted molar refractivity (Wildman–Crippen MR) is 52.2 cm³/mol. The number of aryl methyl sites for hydroxylation is 1. The fraction of sp³-hybridized carbons (Fsp3) is 0.143. The molecule has 1 rings (SSSR count). The molecule has 1 aromatic rings. The van der Waals surface area contributed by atoms with Gasteiger partial charge in [0, 0.05) is 10.2 Å². The van der Waals surface area contributed by atoms with Crippen LogP contribution in [0.2, 0.25) is 0 Å². The standard InChI is InChI=1S/C7H8BrNO3S.Na/c1-5-4-6(2-3-7(5)8)9-13(10,11)12;/h2-4,9H,1H3,(H,10,11,12);/q;+1/p-1. The van der Waals surface area contributed by atoms with E-state index in [1.54, 1.807) is 19.1 Å². The molecule has 0 spiro atoms. The first kappa shape index (κ1) is 14.4. The molecule has 14 heavy (non-hydrogen) atoms. The maximum Gasteiger partial charge on any atom is 1.00 e. The Hall–Kier alpha value is 0.410. The molecule has 1 N–H and O–H groups in total. The van der Waals surface area contributed by atoms with Crippen molar-refractivity contribution < 1.29 is 42.5 Å². The summed E-state index contributed by atoms with van der Waals surface area (Å²) in [6.45, 7) is 1.80. The van der Waals surface area contributed by atoms with Gasteiger partial charge in [-0.05, 0) is 30.7 Å². The average Bonchev–Trinajstić information content (AvgIpc) is 1.94. The molecule has 0 atom stereocenters. The van der Waals surface area contributed by atoms with E-state index in [-0.39, 0.29) is 35.2 Å². The SMILES string of the molecule is Cc1cc(NS(=O)(=O)[O-])ccc1Br.[Na+]. The molecular formula is C7H7BrNNaO3S. The van der Waals surface area contributed by atoms with Crippen molar-refractivity contribution in [3.05, 3.63) is 28.2 Å². The van der Waals surface area contributed by atoms with Crippen LogP contribution in [0.15, 0.2) is 22.7 Å². The molecule has 0 saturated carbocycles. The summed E-state index contributed by atoms with van der Waals surface area (Å²) in [7, 11) is -4.42. The molecule has 72 valence electrons. The van der Waals surface area contributed by atoms with Gasteiger partial charge >= 0.3 is 29.6 Å². The molecular weight excluding hydrogens is 281 g/mol. The molecule has 0 bridgehead atoms. The first-order valence-corrected chi connectivity index (χ1v) is 5.58. The Balaban J connectivity index is 0.00000169. The Morgan fingerprint density at radius 2 is 2.00 bits per heavy atom. The molecule has 0 unspecified atom stereocenters. The van der Waals surface area contributed by atoms with Gasteiger partial charge in [0.2, 0.25) is 0 Å². The van der Waals surface area contributed by atoms with Crippen LogP contribution in [0.25, 0.3) is 0 Å². The Labute approximate surface area is 113 Å². The number of rotatable bonds is 2. The van der Waals surface area contributed by atoms with Crippen LogP contribution in [-0.4, -0.2) is 13.0 Å². The number of halogens is 1. The van der Waals surface area contributed by atoms with Crippen LogP contribution in [0, 0.1) is 6.92 Å². The Morgan fingerprint density at radius 3 is 2.43 bits per heavy atom. The smallest absolute Gasteiger partial charge is 0.731 e. The van der Waals surface area contributed by atoms with Crippen molar-refractivity contribution in [2.45, 2.75) is 6.92 Å². The van der Waals surface area contributed by atoms with Crippen molar-refractivity contribution in [3.63, 3.8) is 0 Å². The van der Waals surface area contributed by atoms with Crippen molar-refractivity contribution in [1.29, 1.82) is 0 Å². The predicted octanol–water partition coefficient (Wildman–Crippen LogP) is -1.37. The molecule has 0 heterocycles. The first-order chi connectivity index (χ1) is 5.88. The Morgan fingerprint density at radius 1 is 1.43 bits per heavy atom. The molecule has 0 aliphatic heterocycles. The van der Waals surface area contributed by atoms with E-state index in [9.17, 15) is 13.0 Å². The molecule has 0 aliphatic rings. The Kier molecular flexibility index (Phi) is 5.64. The normalized spacial score (nSPS) is 10.5. The van der Waals surface area contributed by atoms with E-state index in [1.165, 1.54) is 6.07 Å². The zero-order valence-electron chi connectivity index (χ0n) is 7.74. The van der Waals surface area contributed by atoms with Crippen LogP contribution >= 0.6 is 15.9 Å². The van der Waals surface area contributed by atoms with E-state index >= 15 is 0 Å². The van der Waals surface area contributed by atoms with E-state index in [0.717, 1.165) is 10.0 Å². The fourth-order valence-electron chi connectivity index (χ4n) is 0.853. The summed E-state index contributed by atoms with van der Waals surface area (Å²) in [5.41, 5.74) is 1.13. The summed E-state index contributed by atoms with van der Waals surface area (Å²) in [5, 5.41) is 0. The molecule has 1 aromatic carbocycles. The van der Waals surface area contributed by atoms with Gasteiger partial charge in [0.05, 0.1) is 0 Å². The molecule has 4 nitrogen and oxygen atoms in total. The van der Waals surface area contributed by atoms with E-state index < -0.39 is 10.3 Å². The molecule has 0 saturated heterocycles. The third-order valence-corrected chi connectivity index (χ3v) is 2.78. The van der Waals surface area contributed by atoms with Gasteiger partial charge < -0.3 is 4.55 Å².